The fourth-order valence-corrected chi connectivity index (χ4v) is 2.12. The molecule has 1 aromatic heterocycles. The molecule has 0 saturated carbocycles. The number of carbonyl (C=O) groups excluding carboxylic acids is 1. The molecule has 17 heavy (non-hydrogen) atoms. The molecule has 0 fully saturated rings. The van der Waals surface area contributed by atoms with Crippen molar-refractivity contribution in [3.8, 4) is 0 Å². The predicted molar refractivity (Wildman–Crippen MR) is 61.0 cm³/mol. The maximum Gasteiger partial charge on any atom is 0.329 e. The van der Waals surface area contributed by atoms with Gasteiger partial charge in [0.1, 0.15) is 22.5 Å². The zero-order valence-electron chi connectivity index (χ0n) is 8.99. The first-order valence-corrected chi connectivity index (χ1v) is 6.20. The monoisotopic (exact) mass is 254 g/mol. The van der Waals surface area contributed by atoms with E-state index < -0.39 is 16.7 Å². The molecule has 1 heterocycles. The lowest BCUT2D eigenvalue weighted by molar-refractivity contribution is -0.141. The molecule has 2 rings (SSSR count). The largest absolute Gasteiger partial charge is 0.335 e. The lowest BCUT2D eigenvalue weighted by Gasteiger charge is -2.04. The summed E-state index contributed by atoms with van der Waals surface area (Å²) in [5.74, 6) is -0.606. The maximum absolute atomic E-state index is 10.9. The van der Waals surface area contributed by atoms with Gasteiger partial charge in [-0.2, -0.15) is 4.73 Å². The van der Waals surface area contributed by atoms with Crippen LogP contribution in [0.4, 0.5) is 0 Å². The minimum absolute atomic E-state index is 0.111. The minimum Gasteiger partial charge on any atom is -0.335 e. The van der Waals surface area contributed by atoms with E-state index in [0.717, 1.165) is 0 Å². The molecule has 0 bridgehead atoms. The van der Waals surface area contributed by atoms with Crippen LogP contribution in [0, 0.1) is 0 Å². The van der Waals surface area contributed by atoms with Gasteiger partial charge >= 0.3 is 5.97 Å². The quantitative estimate of drug-likeness (QED) is 0.787. The fourth-order valence-electron chi connectivity index (χ4n) is 1.58. The van der Waals surface area contributed by atoms with Crippen LogP contribution in [0.15, 0.2) is 24.5 Å². The molecule has 7 heteroatoms. The van der Waals surface area contributed by atoms with Crippen molar-refractivity contribution in [3.05, 3.63) is 30.1 Å². The summed E-state index contributed by atoms with van der Waals surface area (Å²) in [4.78, 5) is 19.8. The average Bonchev–Trinajstić information content (AvgIpc) is 2.61. The van der Waals surface area contributed by atoms with Crippen LogP contribution in [0.3, 0.4) is 0 Å². The van der Waals surface area contributed by atoms with Crippen molar-refractivity contribution in [2.24, 2.45) is 0 Å². The van der Waals surface area contributed by atoms with E-state index in [1.807, 2.05) is 0 Å². The van der Waals surface area contributed by atoms with Gasteiger partial charge in [0.05, 0.1) is 11.3 Å². The second-order valence-electron chi connectivity index (χ2n) is 3.43. The molecule has 0 spiro atoms. The standard InChI is InChI=1S/C10H10N2O4S/c1-7(13)16-12-6-11-9-4-2-3-8(10(9)12)5-17(14)15/h2-4,6,17H,5H2,1H3. The number of imidazole rings is 1. The van der Waals surface area contributed by atoms with Crippen molar-refractivity contribution in [3.63, 3.8) is 0 Å². The van der Waals surface area contributed by atoms with Crippen molar-refractivity contribution < 1.29 is 18.0 Å². The SMILES string of the molecule is CC(=O)On1cnc2cccc(C[SH](=O)=O)c21. The molecular formula is C10H10N2O4S. The maximum atomic E-state index is 10.9. The van der Waals surface area contributed by atoms with E-state index in [1.54, 1.807) is 18.2 Å². The molecule has 0 amide bonds. The van der Waals surface area contributed by atoms with Crippen molar-refractivity contribution in [2.45, 2.75) is 12.7 Å². The molecule has 0 radical (unpaired) electrons. The Morgan fingerprint density at radius 2 is 2.24 bits per heavy atom. The van der Waals surface area contributed by atoms with E-state index in [2.05, 4.69) is 4.98 Å². The summed E-state index contributed by atoms with van der Waals surface area (Å²) < 4.78 is 22.7. The molecule has 0 unspecified atom stereocenters. The van der Waals surface area contributed by atoms with Gasteiger partial charge in [0, 0.05) is 6.92 Å². The van der Waals surface area contributed by atoms with Crippen molar-refractivity contribution in [1.82, 2.24) is 9.71 Å². The van der Waals surface area contributed by atoms with Crippen LogP contribution in [0.25, 0.3) is 11.0 Å². The van der Waals surface area contributed by atoms with E-state index in [0.29, 0.717) is 16.6 Å². The number of carbonyl (C=O) groups is 1. The lowest BCUT2D eigenvalue weighted by Crippen LogP contribution is -2.15. The first-order valence-electron chi connectivity index (χ1n) is 4.83. The molecule has 0 N–H and O–H groups in total. The lowest BCUT2D eigenvalue weighted by atomic mass is 10.2. The summed E-state index contributed by atoms with van der Waals surface area (Å²) in [6.07, 6.45) is 1.34. The number of para-hydroxylation sites is 1. The fraction of sp³-hybridized carbons (Fsp3) is 0.200. The van der Waals surface area contributed by atoms with Crippen LogP contribution >= 0.6 is 0 Å². The molecule has 0 aliphatic heterocycles. The van der Waals surface area contributed by atoms with Crippen LogP contribution in [0.5, 0.6) is 0 Å². The van der Waals surface area contributed by atoms with Gasteiger partial charge in [-0.15, -0.1) is 0 Å². The van der Waals surface area contributed by atoms with Crippen LogP contribution in [-0.2, 0) is 21.3 Å². The molecule has 2 aromatic rings. The number of fused-ring (bicyclic) bond motifs is 1. The highest BCUT2D eigenvalue weighted by atomic mass is 32.2. The summed E-state index contributed by atoms with van der Waals surface area (Å²) >= 11 is 0. The van der Waals surface area contributed by atoms with Crippen LogP contribution < -0.4 is 4.84 Å². The van der Waals surface area contributed by atoms with Crippen LogP contribution in [0.1, 0.15) is 12.5 Å². The Morgan fingerprint density at radius 3 is 2.88 bits per heavy atom. The van der Waals surface area contributed by atoms with Gasteiger partial charge in [0.25, 0.3) is 0 Å². The smallest absolute Gasteiger partial charge is 0.329 e. The average molecular weight is 254 g/mol. The molecule has 0 aliphatic carbocycles. The minimum atomic E-state index is -2.55. The highest BCUT2D eigenvalue weighted by molar-refractivity contribution is 7.71. The Hall–Kier alpha value is -1.89. The first-order chi connectivity index (χ1) is 8.08. The molecule has 0 aliphatic rings. The van der Waals surface area contributed by atoms with E-state index in [-0.39, 0.29) is 5.75 Å². The molecule has 0 atom stereocenters. The summed E-state index contributed by atoms with van der Waals surface area (Å²) in [6, 6.07) is 5.09. The third-order valence-corrected chi connectivity index (χ3v) is 2.75. The van der Waals surface area contributed by atoms with Gasteiger partial charge in [-0.1, -0.05) is 12.1 Å². The second-order valence-corrected chi connectivity index (χ2v) is 4.41. The molecule has 1 aromatic carbocycles. The number of thiol groups is 1. The van der Waals surface area contributed by atoms with Gasteiger partial charge in [0.2, 0.25) is 0 Å². The van der Waals surface area contributed by atoms with E-state index in [1.165, 1.54) is 18.0 Å². The topological polar surface area (TPSA) is 78.3 Å². The number of hydrogen-bond acceptors (Lipinski definition) is 5. The third-order valence-electron chi connectivity index (χ3n) is 2.15. The van der Waals surface area contributed by atoms with Crippen LogP contribution in [0.2, 0.25) is 0 Å². The van der Waals surface area contributed by atoms with Crippen molar-refractivity contribution in [1.29, 1.82) is 0 Å². The Bertz CT molecular complexity index is 637. The third kappa shape index (κ3) is 2.44. The molecule has 6 nitrogen and oxygen atoms in total. The number of nitrogens with zero attached hydrogens (tertiary/aromatic N) is 2. The number of hydrogen-bond donors (Lipinski definition) is 1. The zero-order valence-corrected chi connectivity index (χ0v) is 9.89. The van der Waals surface area contributed by atoms with Gasteiger partial charge in [-0.25, -0.2) is 18.2 Å². The summed E-state index contributed by atoms with van der Waals surface area (Å²) in [5, 5.41) is 0. The molecule has 0 saturated heterocycles. The van der Waals surface area contributed by atoms with Gasteiger partial charge in [-0.05, 0) is 11.6 Å². The number of aromatic nitrogens is 2. The highest BCUT2D eigenvalue weighted by Gasteiger charge is 2.10. The summed E-state index contributed by atoms with van der Waals surface area (Å²) in [5.41, 5.74) is 1.64. The Morgan fingerprint density at radius 1 is 1.47 bits per heavy atom. The number of rotatable bonds is 3. The predicted octanol–water partition coefficient (Wildman–Crippen LogP) is 0.123. The van der Waals surface area contributed by atoms with Gasteiger partial charge < -0.3 is 4.84 Å². The van der Waals surface area contributed by atoms with Crippen molar-refractivity contribution >= 4 is 27.7 Å². The number of benzene rings is 1. The zero-order chi connectivity index (χ0) is 12.4. The molecule has 90 valence electrons. The van der Waals surface area contributed by atoms with Crippen molar-refractivity contribution in [2.75, 3.05) is 0 Å². The Balaban J connectivity index is 2.58. The Labute approximate surface area is 98.7 Å². The Kier molecular flexibility index (Phi) is 3.10. The van der Waals surface area contributed by atoms with E-state index in [4.69, 9.17) is 4.84 Å². The second kappa shape index (κ2) is 4.54. The molecular weight excluding hydrogens is 244 g/mol. The van der Waals surface area contributed by atoms with Crippen LogP contribution in [-0.4, -0.2) is 24.1 Å². The summed E-state index contributed by atoms with van der Waals surface area (Å²) in [7, 11) is -2.55. The van der Waals surface area contributed by atoms with Gasteiger partial charge in [-0.3, -0.25) is 0 Å². The van der Waals surface area contributed by atoms with E-state index in [9.17, 15) is 13.2 Å². The normalized spacial score (nSPS) is 10.9. The van der Waals surface area contributed by atoms with Gasteiger partial charge in [0.15, 0.2) is 0 Å². The van der Waals surface area contributed by atoms with E-state index >= 15 is 0 Å². The highest BCUT2D eigenvalue weighted by Crippen LogP contribution is 2.17. The summed E-state index contributed by atoms with van der Waals surface area (Å²) in [6.45, 7) is 1.27. The first kappa shape index (κ1) is 11.6.